The molecule has 0 amide bonds. The van der Waals surface area contributed by atoms with Gasteiger partial charge in [0.25, 0.3) is 0 Å². The number of carbonyl (C=O) groups is 2. The number of carbonyl (C=O) groups excluding carboxylic acids is 2. The Morgan fingerprint density at radius 3 is 2.32 bits per heavy atom. The summed E-state index contributed by atoms with van der Waals surface area (Å²) in [5.74, 6) is 0.0550. The molecule has 0 aliphatic rings. The molecule has 110 valence electrons. The molecule has 0 N–H and O–H groups in total. The van der Waals surface area contributed by atoms with E-state index in [1.807, 2.05) is 31.2 Å². The molecule has 0 atom stereocenters. The molecular formula is C18H14O3S. The van der Waals surface area contributed by atoms with E-state index in [1.165, 1.54) is 18.3 Å². The molecule has 0 saturated heterocycles. The fraction of sp³-hybridized carbons (Fsp3) is 0.111. The second kappa shape index (κ2) is 5.73. The minimum atomic E-state index is -0.366. The lowest BCUT2D eigenvalue weighted by Crippen LogP contribution is -2.08. The molecular weight excluding hydrogens is 296 g/mol. The minimum absolute atomic E-state index is 0.0155. The number of thiophene rings is 1. The van der Waals surface area contributed by atoms with Crippen LogP contribution in [0.2, 0.25) is 0 Å². The molecule has 0 spiro atoms. The molecule has 2 aromatic carbocycles. The highest BCUT2D eigenvalue weighted by atomic mass is 32.1. The average molecular weight is 310 g/mol. The molecule has 0 bridgehead atoms. The van der Waals surface area contributed by atoms with E-state index in [-0.39, 0.29) is 11.8 Å². The summed E-state index contributed by atoms with van der Waals surface area (Å²) in [6.45, 7) is 3.43. The van der Waals surface area contributed by atoms with E-state index in [9.17, 15) is 9.59 Å². The maximum atomic E-state index is 12.3. The lowest BCUT2D eigenvalue weighted by Gasteiger charge is -2.04. The molecule has 3 aromatic rings. The predicted molar refractivity (Wildman–Crippen MR) is 88.0 cm³/mol. The Balaban J connectivity index is 1.87. The van der Waals surface area contributed by atoms with E-state index in [2.05, 4.69) is 0 Å². The van der Waals surface area contributed by atoms with Gasteiger partial charge in [0.15, 0.2) is 5.78 Å². The summed E-state index contributed by atoms with van der Waals surface area (Å²) in [7, 11) is 0. The van der Waals surface area contributed by atoms with Crippen molar-refractivity contribution in [2.24, 2.45) is 0 Å². The average Bonchev–Trinajstić information content (AvgIpc) is 2.85. The number of Topliss-reactive ketones (excluding diaryl/α,β-unsaturated/α-hetero) is 1. The molecule has 0 saturated carbocycles. The second-order valence-corrected chi connectivity index (χ2v) is 6.07. The summed E-state index contributed by atoms with van der Waals surface area (Å²) in [4.78, 5) is 24.2. The third-order valence-corrected chi connectivity index (χ3v) is 4.75. The van der Waals surface area contributed by atoms with E-state index in [0.717, 1.165) is 15.6 Å². The Kier molecular flexibility index (Phi) is 3.77. The first-order chi connectivity index (χ1) is 10.6. The van der Waals surface area contributed by atoms with Gasteiger partial charge in [-0.05, 0) is 55.1 Å². The fourth-order valence-corrected chi connectivity index (χ4v) is 3.37. The first kappa shape index (κ1) is 14.5. The molecule has 0 unspecified atom stereocenters. The maximum absolute atomic E-state index is 12.3. The van der Waals surface area contributed by atoms with Crippen LogP contribution in [0.15, 0.2) is 48.5 Å². The van der Waals surface area contributed by atoms with Gasteiger partial charge in [0.05, 0.1) is 0 Å². The van der Waals surface area contributed by atoms with Gasteiger partial charge < -0.3 is 4.74 Å². The first-order valence-corrected chi connectivity index (χ1v) is 7.69. The van der Waals surface area contributed by atoms with Crippen LogP contribution >= 0.6 is 11.3 Å². The molecule has 0 aliphatic carbocycles. The second-order valence-electron chi connectivity index (χ2n) is 5.02. The first-order valence-electron chi connectivity index (χ1n) is 6.87. The van der Waals surface area contributed by atoms with E-state index in [1.54, 1.807) is 24.3 Å². The molecule has 3 rings (SSSR count). The Morgan fingerprint density at radius 2 is 1.68 bits per heavy atom. The van der Waals surface area contributed by atoms with Crippen molar-refractivity contribution in [2.75, 3.05) is 0 Å². The van der Waals surface area contributed by atoms with Crippen molar-refractivity contribution >= 4 is 33.2 Å². The van der Waals surface area contributed by atoms with E-state index < -0.39 is 0 Å². The molecule has 1 heterocycles. The third kappa shape index (κ3) is 2.65. The highest BCUT2D eigenvalue weighted by Gasteiger charge is 2.17. The lowest BCUT2D eigenvalue weighted by molar-refractivity contribution is 0.0739. The highest BCUT2D eigenvalue weighted by Crippen LogP contribution is 2.31. The van der Waals surface area contributed by atoms with Crippen molar-refractivity contribution in [2.45, 2.75) is 13.8 Å². The number of hydrogen-bond acceptors (Lipinski definition) is 4. The van der Waals surface area contributed by atoms with Crippen molar-refractivity contribution in [1.29, 1.82) is 0 Å². The number of hydrogen-bond donors (Lipinski definition) is 0. The van der Waals surface area contributed by atoms with E-state index in [4.69, 9.17) is 4.74 Å². The topological polar surface area (TPSA) is 43.4 Å². The Morgan fingerprint density at radius 1 is 1.00 bits per heavy atom. The summed E-state index contributed by atoms with van der Waals surface area (Å²) in [5.41, 5.74) is 1.53. The summed E-state index contributed by atoms with van der Waals surface area (Å²) in [6, 6.07) is 14.5. The van der Waals surface area contributed by atoms with Crippen LogP contribution in [0.5, 0.6) is 5.75 Å². The summed E-state index contributed by atoms with van der Waals surface area (Å²) in [5, 5.41) is 1.08. The Bertz CT molecular complexity index is 860. The standard InChI is InChI=1S/C18H14O3S/c1-11-15-5-3-4-6-16(15)22-17(11)18(20)21-14-9-7-13(8-10-14)12(2)19/h3-10H,1-2H3. The summed E-state index contributed by atoms with van der Waals surface area (Å²) < 4.78 is 6.47. The number of ether oxygens (including phenoxy) is 1. The largest absolute Gasteiger partial charge is 0.422 e. The van der Waals surface area contributed by atoms with Gasteiger partial charge in [-0.1, -0.05) is 18.2 Å². The molecule has 3 nitrogen and oxygen atoms in total. The Hall–Kier alpha value is -2.46. The lowest BCUT2D eigenvalue weighted by atomic mass is 10.1. The SMILES string of the molecule is CC(=O)c1ccc(OC(=O)c2sc3ccccc3c2C)cc1. The number of aryl methyl sites for hydroxylation is 1. The number of esters is 1. The monoisotopic (exact) mass is 310 g/mol. The fourth-order valence-electron chi connectivity index (χ4n) is 2.28. The quantitative estimate of drug-likeness (QED) is 0.402. The van der Waals surface area contributed by atoms with E-state index >= 15 is 0 Å². The van der Waals surface area contributed by atoms with Crippen molar-refractivity contribution in [3.8, 4) is 5.75 Å². The van der Waals surface area contributed by atoms with Crippen molar-refractivity contribution < 1.29 is 14.3 Å². The van der Waals surface area contributed by atoms with Gasteiger partial charge in [0.2, 0.25) is 0 Å². The number of ketones is 1. The van der Waals surface area contributed by atoms with E-state index in [0.29, 0.717) is 16.2 Å². The van der Waals surface area contributed by atoms with Crippen molar-refractivity contribution in [3.05, 3.63) is 64.5 Å². The van der Waals surface area contributed by atoms with Crippen LogP contribution in [0.3, 0.4) is 0 Å². The van der Waals surface area contributed by atoms with Crippen molar-refractivity contribution in [1.82, 2.24) is 0 Å². The summed E-state index contributed by atoms with van der Waals surface area (Å²) in [6.07, 6.45) is 0. The predicted octanol–water partition coefficient (Wildman–Crippen LogP) is 4.63. The summed E-state index contributed by atoms with van der Waals surface area (Å²) >= 11 is 1.43. The smallest absolute Gasteiger partial charge is 0.354 e. The van der Waals surface area contributed by atoms with Crippen LogP contribution in [0.1, 0.15) is 32.5 Å². The van der Waals surface area contributed by atoms with Crippen LogP contribution in [-0.2, 0) is 0 Å². The number of fused-ring (bicyclic) bond motifs is 1. The van der Waals surface area contributed by atoms with Crippen LogP contribution < -0.4 is 4.74 Å². The molecule has 0 radical (unpaired) electrons. The van der Waals surface area contributed by atoms with Gasteiger partial charge in [0, 0.05) is 10.3 Å². The molecule has 0 fully saturated rings. The maximum Gasteiger partial charge on any atom is 0.354 e. The van der Waals surface area contributed by atoms with Gasteiger partial charge in [0.1, 0.15) is 10.6 Å². The minimum Gasteiger partial charge on any atom is -0.422 e. The van der Waals surface area contributed by atoms with Gasteiger partial charge in [-0.15, -0.1) is 11.3 Å². The zero-order valence-electron chi connectivity index (χ0n) is 12.3. The Labute approximate surface area is 132 Å². The zero-order chi connectivity index (χ0) is 15.7. The van der Waals surface area contributed by atoms with Crippen molar-refractivity contribution in [3.63, 3.8) is 0 Å². The van der Waals surface area contributed by atoms with Crippen LogP contribution in [-0.4, -0.2) is 11.8 Å². The highest BCUT2D eigenvalue weighted by molar-refractivity contribution is 7.21. The van der Waals surface area contributed by atoms with Gasteiger partial charge in [-0.2, -0.15) is 0 Å². The van der Waals surface area contributed by atoms with Gasteiger partial charge in [-0.25, -0.2) is 4.79 Å². The normalized spacial score (nSPS) is 10.6. The zero-order valence-corrected chi connectivity index (χ0v) is 13.1. The van der Waals surface area contributed by atoms with Gasteiger partial charge in [-0.3, -0.25) is 4.79 Å². The molecule has 4 heteroatoms. The van der Waals surface area contributed by atoms with Crippen LogP contribution in [0, 0.1) is 6.92 Å². The number of rotatable bonds is 3. The third-order valence-electron chi connectivity index (χ3n) is 3.50. The molecule has 22 heavy (non-hydrogen) atoms. The van der Waals surface area contributed by atoms with Crippen LogP contribution in [0.25, 0.3) is 10.1 Å². The molecule has 1 aromatic heterocycles. The van der Waals surface area contributed by atoms with Gasteiger partial charge >= 0.3 is 5.97 Å². The van der Waals surface area contributed by atoms with Crippen LogP contribution in [0.4, 0.5) is 0 Å². The number of benzene rings is 2. The molecule has 0 aliphatic heterocycles.